The molecular formula is C13H22N4OS. The van der Waals surface area contributed by atoms with Gasteiger partial charge in [-0.1, -0.05) is 38.0 Å². The summed E-state index contributed by atoms with van der Waals surface area (Å²) < 4.78 is 0. The van der Waals surface area contributed by atoms with Crippen molar-refractivity contribution >= 4 is 22.4 Å². The first-order valence-corrected chi connectivity index (χ1v) is 7.70. The lowest BCUT2D eigenvalue weighted by Gasteiger charge is -2.21. The van der Waals surface area contributed by atoms with Gasteiger partial charge in [0.2, 0.25) is 11.0 Å². The van der Waals surface area contributed by atoms with E-state index in [1.165, 1.54) is 11.3 Å². The van der Waals surface area contributed by atoms with E-state index in [1.54, 1.807) is 0 Å². The zero-order valence-electron chi connectivity index (χ0n) is 11.6. The average molecular weight is 282 g/mol. The molecule has 1 aliphatic rings. The standard InChI is InChI=1S/C13H22N4OS/c1-9(2)7-11-16-17-12(19-11)15-10(18)8-13(14)5-3-4-6-13/h9H,3-8,14H2,1-2H3,(H,15,17,18). The van der Waals surface area contributed by atoms with E-state index >= 15 is 0 Å². The molecule has 0 bridgehead atoms. The van der Waals surface area contributed by atoms with Gasteiger partial charge in [0.15, 0.2) is 0 Å². The molecule has 5 nitrogen and oxygen atoms in total. The summed E-state index contributed by atoms with van der Waals surface area (Å²) in [4.78, 5) is 12.0. The van der Waals surface area contributed by atoms with Crippen molar-refractivity contribution in [3.05, 3.63) is 5.01 Å². The van der Waals surface area contributed by atoms with Crippen LogP contribution in [0.3, 0.4) is 0 Å². The Hall–Kier alpha value is -1.01. The van der Waals surface area contributed by atoms with Gasteiger partial charge in [-0.2, -0.15) is 0 Å². The van der Waals surface area contributed by atoms with Gasteiger partial charge in [-0.15, -0.1) is 10.2 Å². The molecule has 106 valence electrons. The summed E-state index contributed by atoms with van der Waals surface area (Å²) >= 11 is 1.45. The van der Waals surface area contributed by atoms with Crippen molar-refractivity contribution in [2.45, 2.75) is 57.9 Å². The molecule has 0 atom stereocenters. The Balaban J connectivity index is 1.86. The molecule has 1 saturated carbocycles. The molecule has 2 rings (SSSR count). The number of amides is 1. The van der Waals surface area contributed by atoms with Crippen LogP contribution in [0.15, 0.2) is 0 Å². The first-order valence-electron chi connectivity index (χ1n) is 6.88. The highest BCUT2D eigenvalue weighted by Crippen LogP contribution is 2.30. The third-order valence-electron chi connectivity index (χ3n) is 3.41. The van der Waals surface area contributed by atoms with E-state index in [9.17, 15) is 4.79 Å². The second kappa shape index (κ2) is 5.96. The third-order valence-corrected chi connectivity index (χ3v) is 4.27. The van der Waals surface area contributed by atoms with E-state index in [4.69, 9.17) is 5.73 Å². The number of carbonyl (C=O) groups is 1. The number of nitrogens with zero attached hydrogens (tertiary/aromatic N) is 2. The molecule has 0 radical (unpaired) electrons. The van der Waals surface area contributed by atoms with E-state index in [2.05, 4.69) is 29.4 Å². The minimum Gasteiger partial charge on any atom is -0.325 e. The van der Waals surface area contributed by atoms with Gasteiger partial charge in [-0.25, -0.2) is 0 Å². The Bertz CT molecular complexity index is 438. The monoisotopic (exact) mass is 282 g/mol. The van der Waals surface area contributed by atoms with Crippen molar-refractivity contribution < 1.29 is 4.79 Å². The Kier molecular flexibility index (Phi) is 4.52. The molecule has 1 aromatic rings. The minimum absolute atomic E-state index is 0.0448. The van der Waals surface area contributed by atoms with Gasteiger partial charge in [-0.3, -0.25) is 4.79 Å². The highest BCUT2D eigenvalue weighted by Gasteiger charge is 2.31. The van der Waals surface area contributed by atoms with Crippen LogP contribution in [-0.2, 0) is 11.2 Å². The zero-order valence-corrected chi connectivity index (χ0v) is 12.4. The van der Waals surface area contributed by atoms with E-state index in [1.807, 2.05) is 0 Å². The van der Waals surface area contributed by atoms with Crippen LogP contribution in [0.25, 0.3) is 0 Å². The van der Waals surface area contributed by atoms with Crippen molar-refractivity contribution in [2.75, 3.05) is 5.32 Å². The fourth-order valence-corrected chi connectivity index (χ4v) is 3.44. The Morgan fingerprint density at radius 3 is 2.74 bits per heavy atom. The maximum absolute atomic E-state index is 12.0. The Labute approximate surface area is 118 Å². The summed E-state index contributed by atoms with van der Waals surface area (Å²) in [6.07, 6.45) is 5.41. The summed E-state index contributed by atoms with van der Waals surface area (Å²) in [6, 6.07) is 0. The molecule has 0 aromatic carbocycles. The van der Waals surface area contributed by atoms with Crippen LogP contribution in [0.5, 0.6) is 0 Å². The number of aromatic nitrogens is 2. The molecule has 6 heteroatoms. The predicted molar refractivity (Wildman–Crippen MR) is 77.1 cm³/mol. The molecule has 0 saturated heterocycles. The summed E-state index contributed by atoms with van der Waals surface area (Å²) in [5, 5.41) is 12.4. The summed E-state index contributed by atoms with van der Waals surface area (Å²) in [5.74, 6) is 0.499. The van der Waals surface area contributed by atoms with E-state index in [-0.39, 0.29) is 11.4 Å². The smallest absolute Gasteiger partial charge is 0.228 e. The van der Waals surface area contributed by atoms with Crippen LogP contribution >= 0.6 is 11.3 Å². The summed E-state index contributed by atoms with van der Waals surface area (Å²) in [6.45, 7) is 4.27. The maximum atomic E-state index is 12.0. The number of hydrogen-bond acceptors (Lipinski definition) is 5. The molecule has 1 aliphatic carbocycles. The van der Waals surface area contributed by atoms with Gasteiger partial charge in [0.05, 0.1) is 0 Å². The van der Waals surface area contributed by atoms with Gasteiger partial charge in [-0.05, 0) is 18.8 Å². The van der Waals surface area contributed by atoms with E-state index in [0.29, 0.717) is 17.5 Å². The number of anilines is 1. The van der Waals surface area contributed by atoms with Crippen molar-refractivity contribution in [3.8, 4) is 0 Å². The molecule has 3 N–H and O–H groups in total. The van der Waals surface area contributed by atoms with Gasteiger partial charge in [0.1, 0.15) is 5.01 Å². The lowest BCUT2D eigenvalue weighted by Crippen LogP contribution is -2.40. The predicted octanol–water partition coefficient (Wildman–Crippen LogP) is 2.34. The highest BCUT2D eigenvalue weighted by atomic mass is 32.1. The lowest BCUT2D eigenvalue weighted by molar-refractivity contribution is -0.117. The van der Waals surface area contributed by atoms with Gasteiger partial charge in [0, 0.05) is 18.4 Å². The quantitative estimate of drug-likeness (QED) is 0.868. The molecule has 0 unspecified atom stereocenters. The van der Waals surface area contributed by atoms with Crippen LogP contribution in [0.4, 0.5) is 5.13 Å². The van der Waals surface area contributed by atoms with Gasteiger partial charge < -0.3 is 11.1 Å². The van der Waals surface area contributed by atoms with Crippen molar-refractivity contribution in [3.63, 3.8) is 0 Å². The first kappa shape index (κ1) is 14.4. The normalized spacial score (nSPS) is 17.9. The van der Waals surface area contributed by atoms with Crippen LogP contribution in [-0.4, -0.2) is 21.6 Å². The highest BCUT2D eigenvalue weighted by molar-refractivity contribution is 7.15. The Morgan fingerprint density at radius 1 is 1.42 bits per heavy atom. The summed E-state index contributed by atoms with van der Waals surface area (Å²) in [7, 11) is 0. The number of rotatable bonds is 5. The van der Waals surface area contributed by atoms with Crippen LogP contribution in [0, 0.1) is 5.92 Å². The average Bonchev–Trinajstić information content (AvgIpc) is 2.87. The van der Waals surface area contributed by atoms with Crippen LogP contribution in [0.2, 0.25) is 0 Å². The Morgan fingerprint density at radius 2 is 2.11 bits per heavy atom. The number of nitrogens with one attached hydrogen (secondary N) is 1. The molecular weight excluding hydrogens is 260 g/mol. The molecule has 1 amide bonds. The maximum Gasteiger partial charge on any atom is 0.228 e. The van der Waals surface area contributed by atoms with Crippen molar-refractivity contribution in [2.24, 2.45) is 11.7 Å². The number of nitrogens with two attached hydrogens (primary N) is 1. The fourth-order valence-electron chi connectivity index (χ4n) is 2.47. The molecule has 19 heavy (non-hydrogen) atoms. The third kappa shape index (κ3) is 4.24. The molecule has 1 heterocycles. The molecule has 0 aliphatic heterocycles. The molecule has 0 spiro atoms. The van der Waals surface area contributed by atoms with Gasteiger partial charge in [0.25, 0.3) is 0 Å². The summed E-state index contributed by atoms with van der Waals surface area (Å²) in [5.41, 5.74) is 5.88. The van der Waals surface area contributed by atoms with Crippen molar-refractivity contribution in [1.29, 1.82) is 0 Å². The zero-order chi connectivity index (χ0) is 13.9. The number of carbonyl (C=O) groups excluding carboxylic acids is 1. The SMILES string of the molecule is CC(C)Cc1nnc(NC(=O)CC2(N)CCCC2)s1. The lowest BCUT2D eigenvalue weighted by atomic mass is 9.94. The second-order valence-corrected chi connectivity index (χ2v) is 6.96. The van der Waals surface area contributed by atoms with Gasteiger partial charge >= 0.3 is 0 Å². The minimum atomic E-state index is -0.310. The van der Waals surface area contributed by atoms with E-state index < -0.39 is 0 Å². The topological polar surface area (TPSA) is 80.9 Å². The largest absolute Gasteiger partial charge is 0.325 e. The second-order valence-electron chi connectivity index (χ2n) is 5.89. The molecule has 1 aromatic heterocycles. The molecule has 1 fully saturated rings. The van der Waals surface area contributed by atoms with Crippen molar-refractivity contribution in [1.82, 2.24) is 10.2 Å². The van der Waals surface area contributed by atoms with Crippen LogP contribution in [0.1, 0.15) is 51.0 Å². The first-order chi connectivity index (χ1) is 8.97. The van der Waals surface area contributed by atoms with E-state index in [0.717, 1.165) is 37.1 Å². The van der Waals surface area contributed by atoms with Crippen LogP contribution < -0.4 is 11.1 Å². The fraction of sp³-hybridized carbons (Fsp3) is 0.769. The number of hydrogen-bond donors (Lipinski definition) is 2.